The van der Waals surface area contributed by atoms with Gasteiger partial charge in [-0.25, -0.2) is 9.97 Å². The van der Waals surface area contributed by atoms with Crippen molar-refractivity contribution in [2.45, 2.75) is 48.4 Å². The molecule has 0 amide bonds. The largest absolute Gasteiger partial charge is 0.407 e. The van der Waals surface area contributed by atoms with Crippen molar-refractivity contribution in [3.05, 3.63) is 108 Å². The lowest BCUT2D eigenvalue weighted by molar-refractivity contribution is -0.140. The zero-order valence-electron chi connectivity index (χ0n) is 21.1. The fourth-order valence-electron chi connectivity index (χ4n) is 4.99. The minimum Gasteiger partial charge on any atom is -0.407 e. The lowest BCUT2D eigenvalue weighted by atomic mass is 9.89. The van der Waals surface area contributed by atoms with E-state index in [1.54, 1.807) is 11.8 Å². The average molecular weight is 520 g/mol. The molecule has 6 rings (SSSR count). The first-order valence-electron chi connectivity index (χ1n) is 13.2. The van der Waals surface area contributed by atoms with Gasteiger partial charge >= 0.3 is 5.97 Å². The zero-order chi connectivity index (χ0) is 25.7. The predicted octanol–water partition coefficient (Wildman–Crippen LogP) is 7.62. The zero-order valence-corrected chi connectivity index (χ0v) is 21.9. The van der Waals surface area contributed by atoms with E-state index in [1.807, 2.05) is 77.3 Å². The number of esters is 1. The summed E-state index contributed by atoms with van der Waals surface area (Å²) in [5.41, 5.74) is 4.33. The van der Waals surface area contributed by atoms with Gasteiger partial charge in [0.15, 0.2) is 5.65 Å². The molecule has 2 heterocycles. The maximum Gasteiger partial charge on any atom is 0.315 e. The molecule has 0 radical (unpaired) electrons. The summed E-state index contributed by atoms with van der Waals surface area (Å²) in [5, 5.41) is 0.770. The van der Waals surface area contributed by atoms with E-state index >= 15 is 0 Å². The number of benzene rings is 3. The van der Waals surface area contributed by atoms with E-state index in [1.165, 1.54) is 6.42 Å². The summed E-state index contributed by atoms with van der Waals surface area (Å²) in [4.78, 5) is 24.5. The molecule has 2 aromatic heterocycles. The highest BCUT2D eigenvalue weighted by atomic mass is 32.2. The molecule has 0 saturated heterocycles. The molecule has 1 aliphatic carbocycles. The highest BCUT2D eigenvalue weighted by Gasteiger charge is 2.27. The van der Waals surface area contributed by atoms with Gasteiger partial charge in [-0.05, 0) is 30.5 Å². The van der Waals surface area contributed by atoms with Gasteiger partial charge < -0.3 is 4.74 Å². The Kier molecular flexibility index (Phi) is 7.22. The van der Waals surface area contributed by atoms with Crippen molar-refractivity contribution in [1.82, 2.24) is 14.4 Å². The average Bonchev–Trinajstić information content (AvgIpc) is 3.31. The molecule has 1 fully saturated rings. The van der Waals surface area contributed by atoms with Gasteiger partial charge in [-0.3, -0.25) is 9.20 Å². The van der Waals surface area contributed by atoms with Gasteiger partial charge in [0.1, 0.15) is 10.7 Å². The van der Waals surface area contributed by atoms with Crippen LogP contribution >= 0.6 is 11.8 Å². The van der Waals surface area contributed by atoms with Crippen LogP contribution in [0.15, 0.2) is 107 Å². The number of hydrogen-bond acceptors (Lipinski definition) is 5. The van der Waals surface area contributed by atoms with E-state index in [0.29, 0.717) is 17.9 Å². The van der Waals surface area contributed by atoms with Gasteiger partial charge in [-0.2, -0.15) is 0 Å². The van der Waals surface area contributed by atoms with Gasteiger partial charge in [-0.1, -0.05) is 110 Å². The first-order chi connectivity index (χ1) is 18.7. The molecule has 0 atom stereocenters. The molecule has 0 bridgehead atoms. The van der Waals surface area contributed by atoms with Gasteiger partial charge in [0.25, 0.3) is 0 Å². The molecule has 0 N–H and O–H groups in total. The summed E-state index contributed by atoms with van der Waals surface area (Å²) in [5.74, 6) is 0.275. The van der Waals surface area contributed by atoms with Crippen molar-refractivity contribution in [2.75, 3.05) is 0 Å². The second-order valence-corrected chi connectivity index (χ2v) is 10.8. The number of carbonyl (C=O) groups excluding carboxylic acids is 1. The number of fused-ring (bicyclic) bond motifs is 1. The third-order valence-corrected chi connectivity index (χ3v) is 7.95. The van der Waals surface area contributed by atoms with Crippen LogP contribution in [0.5, 0.6) is 5.88 Å². The molecule has 1 saturated carbocycles. The van der Waals surface area contributed by atoms with Gasteiger partial charge in [0, 0.05) is 23.1 Å². The summed E-state index contributed by atoms with van der Waals surface area (Å²) < 4.78 is 8.16. The molecule has 38 heavy (non-hydrogen) atoms. The lowest BCUT2D eigenvalue weighted by Crippen LogP contribution is -2.23. The van der Waals surface area contributed by atoms with Crippen LogP contribution in [0.25, 0.3) is 16.9 Å². The van der Waals surface area contributed by atoms with Crippen LogP contribution in [-0.2, 0) is 11.2 Å². The van der Waals surface area contributed by atoms with Crippen molar-refractivity contribution in [1.29, 1.82) is 0 Å². The van der Waals surface area contributed by atoms with E-state index in [2.05, 4.69) is 24.3 Å². The van der Waals surface area contributed by atoms with Crippen LogP contribution in [0.1, 0.15) is 43.4 Å². The number of imidazole rings is 1. The summed E-state index contributed by atoms with van der Waals surface area (Å²) >= 11 is 1.57. The van der Waals surface area contributed by atoms with Gasteiger partial charge in [0.05, 0.1) is 11.6 Å². The number of hydrogen-bond donors (Lipinski definition) is 0. The van der Waals surface area contributed by atoms with Crippen molar-refractivity contribution < 1.29 is 9.53 Å². The molecule has 190 valence electrons. The van der Waals surface area contributed by atoms with Crippen LogP contribution in [0, 0.1) is 5.92 Å². The Morgan fingerprint density at radius 1 is 0.842 bits per heavy atom. The van der Waals surface area contributed by atoms with Crippen LogP contribution in [0.3, 0.4) is 0 Å². The SMILES string of the molecule is O=C(Oc1c(Cc2ccccc2)nc2c(Sc3ccccc3)nc(-c3ccccc3)cn12)C1CCCCC1. The molecule has 5 nitrogen and oxygen atoms in total. The molecule has 0 aliphatic heterocycles. The molecule has 5 aromatic rings. The maximum absolute atomic E-state index is 13.4. The minimum absolute atomic E-state index is 0.0625. The quantitative estimate of drug-likeness (QED) is 0.207. The fraction of sp³-hybridized carbons (Fsp3) is 0.219. The minimum atomic E-state index is -0.156. The number of carbonyl (C=O) groups is 1. The van der Waals surface area contributed by atoms with Crippen LogP contribution in [0.2, 0.25) is 0 Å². The lowest BCUT2D eigenvalue weighted by Gasteiger charge is -2.20. The molecular weight excluding hydrogens is 490 g/mol. The third-order valence-electron chi connectivity index (χ3n) is 6.98. The van der Waals surface area contributed by atoms with Crippen molar-refractivity contribution >= 4 is 23.4 Å². The van der Waals surface area contributed by atoms with E-state index in [0.717, 1.165) is 58.1 Å². The first-order valence-corrected chi connectivity index (χ1v) is 14.0. The van der Waals surface area contributed by atoms with Crippen molar-refractivity contribution in [2.24, 2.45) is 5.92 Å². The van der Waals surface area contributed by atoms with E-state index in [9.17, 15) is 4.79 Å². The molecule has 6 heteroatoms. The van der Waals surface area contributed by atoms with E-state index < -0.39 is 0 Å². The van der Waals surface area contributed by atoms with Crippen LogP contribution in [-0.4, -0.2) is 20.3 Å². The van der Waals surface area contributed by atoms with Crippen LogP contribution in [0.4, 0.5) is 0 Å². The second kappa shape index (κ2) is 11.2. The summed E-state index contributed by atoms with van der Waals surface area (Å²) in [6, 6.07) is 30.4. The third kappa shape index (κ3) is 5.36. The second-order valence-electron chi connectivity index (χ2n) is 9.69. The van der Waals surface area contributed by atoms with E-state index in [4.69, 9.17) is 14.7 Å². The van der Waals surface area contributed by atoms with Crippen molar-refractivity contribution in [3.8, 4) is 17.1 Å². The molecule has 0 spiro atoms. The van der Waals surface area contributed by atoms with Crippen molar-refractivity contribution in [3.63, 3.8) is 0 Å². The molecular formula is C32H29N3O2S. The Labute approximate surface area is 226 Å². The Balaban J connectivity index is 1.50. The Bertz CT molecular complexity index is 1530. The molecule has 1 aliphatic rings. The summed E-state index contributed by atoms with van der Waals surface area (Å²) in [7, 11) is 0. The first kappa shape index (κ1) is 24.4. The topological polar surface area (TPSA) is 56.5 Å². The molecule has 3 aromatic carbocycles. The van der Waals surface area contributed by atoms with E-state index in [-0.39, 0.29) is 11.9 Å². The predicted molar refractivity (Wildman–Crippen MR) is 150 cm³/mol. The highest BCUT2D eigenvalue weighted by Crippen LogP contribution is 2.36. The number of ether oxygens (including phenoxy) is 1. The van der Waals surface area contributed by atoms with Gasteiger partial charge in [-0.15, -0.1) is 0 Å². The number of rotatable bonds is 7. The summed E-state index contributed by atoms with van der Waals surface area (Å²) in [6.45, 7) is 0. The standard InChI is InChI=1S/C32H29N3O2S/c36-32(25-17-9-3-10-18-25)37-31-27(21-23-13-5-1-6-14-23)33-29-30(38-26-19-11-4-12-20-26)34-28(22-35(29)31)24-15-7-2-8-16-24/h1-2,4-8,11-16,19-20,22,25H,3,9-10,17-18,21H2. The number of aromatic nitrogens is 3. The smallest absolute Gasteiger partial charge is 0.315 e. The summed E-state index contributed by atoms with van der Waals surface area (Å²) in [6.07, 6.45) is 7.61. The Morgan fingerprint density at radius 2 is 1.50 bits per heavy atom. The maximum atomic E-state index is 13.4. The molecule has 0 unspecified atom stereocenters. The number of nitrogens with zero attached hydrogens (tertiary/aromatic N) is 3. The monoisotopic (exact) mass is 519 g/mol. The Hall–Kier alpha value is -3.90. The normalized spacial score (nSPS) is 14.0. The highest BCUT2D eigenvalue weighted by molar-refractivity contribution is 7.99. The fourth-order valence-corrected chi connectivity index (χ4v) is 5.89. The van der Waals surface area contributed by atoms with Crippen LogP contribution < -0.4 is 4.74 Å². The Morgan fingerprint density at radius 3 is 2.21 bits per heavy atom. The van der Waals surface area contributed by atoms with Gasteiger partial charge in [0.2, 0.25) is 5.88 Å².